The minimum atomic E-state index is -0.374. The molecular formula is C24H17Cl3FNO. The van der Waals surface area contributed by atoms with E-state index < -0.39 is 0 Å². The van der Waals surface area contributed by atoms with Crippen molar-refractivity contribution in [2.24, 2.45) is 0 Å². The summed E-state index contributed by atoms with van der Waals surface area (Å²) >= 11 is 18.3. The fourth-order valence-corrected chi connectivity index (χ4v) is 3.74. The second-order valence-corrected chi connectivity index (χ2v) is 7.99. The predicted octanol–water partition coefficient (Wildman–Crippen LogP) is 8.13. The average Bonchev–Trinajstić information content (AvgIpc) is 2.74. The van der Waals surface area contributed by atoms with Gasteiger partial charge in [0.15, 0.2) is 0 Å². The summed E-state index contributed by atoms with van der Waals surface area (Å²) < 4.78 is 19.4. The van der Waals surface area contributed by atoms with Crippen LogP contribution in [0.5, 0.6) is 5.75 Å². The summed E-state index contributed by atoms with van der Waals surface area (Å²) in [6, 6.07) is 21.7. The Balaban J connectivity index is 1.62. The summed E-state index contributed by atoms with van der Waals surface area (Å²) in [5.41, 5.74) is 2.57. The van der Waals surface area contributed by atoms with Gasteiger partial charge in [-0.1, -0.05) is 71.2 Å². The van der Waals surface area contributed by atoms with Gasteiger partial charge < -0.3 is 10.1 Å². The number of nitrogens with one attached hydrogen (secondary N) is 1. The Bertz CT molecular complexity index is 1210. The SMILES string of the molecule is Fc1ccc(COc2ccc3ccccc3c2CNc2ccc(Cl)c(Cl)c2)c(Cl)c1. The van der Waals surface area contributed by atoms with Crippen LogP contribution in [0.25, 0.3) is 10.8 Å². The first-order valence-electron chi connectivity index (χ1n) is 9.27. The van der Waals surface area contributed by atoms with Gasteiger partial charge in [-0.25, -0.2) is 4.39 Å². The average molecular weight is 461 g/mol. The second kappa shape index (κ2) is 9.13. The van der Waals surface area contributed by atoms with Crippen molar-refractivity contribution in [1.29, 1.82) is 0 Å². The highest BCUT2D eigenvalue weighted by atomic mass is 35.5. The molecule has 152 valence electrons. The highest BCUT2D eigenvalue weighted by Crippen LogP contribution is 2.31. The predicted molar refractivity (Wildman–Crippen MR) is 123 cm³/mol. The van der Waals surface area contributed by atoms with Gasteiger partial charge >= 0.3 is 0 Å². The van der Waals surface area contributed by atoms with Crippen LogP contribution < -0.4 is 10.1 Å². The maximum Gasteiger partial charge on any atom is 0.125 e. The maximum atomic E-state index is 13.3. The Kier molecular flexibility index (Phi) is 6.33. The van der Waals surface area contributed by atoms with E-state index in [1.165, 1.54) is 12.1 Å². The molecular weight excluding hydrogens is 444 g/mol. The van der Waals surface area contributed by atoms with Crippen LogP contribution in [0.2, 0.25) is 15.1 Å². The zero-order valence-corrected chi connectivity index (χ0v) is 18.0. The molecule has 0 aliphatic heterocycles. The second-order valence-electron chi connectivity index (χ2n) is 6.77. The molecule has 4 aromatic carbocycles. The third kappa shape index (κ3) is 4.65. The van der Waals surface area contributed by atoms with Gasteiger partial charge in [0.2, 0.25) is 0 Å². The first kappa shape index (κ1) is 20.8. The monoisotopic (exact) mass is 459 g/mol. The zero-order chi connectivity index (χ0) is 21.1. The van der Waals surface area contributed by atoms with E-state index in [0.29, 0.717) is 21.6 Å². The molecule has 0 saturated heterocycles. The fourth-order valence-electron chi connectivity index (χ4n) is 3.22. The van der Waals surface area contributed by atoms with E-state index in [2.05, 4.69) is 17.4 Å². The molecule has 0 aliphatic carbocycles. The minimum Gasteiger partial charge on any atom is -0.488 e. The fraction of sp³-hybridized carbons (Fsp3) is 0.0833. The lowest BCUT2D eigenvalue weighted by Gasteiger charge is -2.16. The van der Waals surface area contributed by atoms with Crippen LogP contribution in [0, 0.1) is 5.82 Å². The molecule has 1 N–H and O–H groups in total. The molecule has 0 bridgehead atoms. The molecule has 6 heteroatoms. The van der Waals surface area contributed by atoms with Crippen LogP contribution in [-0.4, -0.2) is 0 Å². The maximum absolute atomic E-state index is 13.3. The highest BCUT2D eigenvalue weighted by molar-refractivity contribution is 6.42. The third-order valence-electron chi connectivity index (χ3n) is 4.78. The molecule has 0 radical (unpaired) electrons. The van der Waals surface area contributed by atoms with Crippen molar-refractivity contribution in [2.45, 2.75) is 13.2 Å². The van der Waals surface area contributed by atoms with Gasteiger partial charge in [0, 0.05) is 23.4 Å². The van der Waals surface area contributed by atoms with Gasteiger partial charge in [0.25, 0.3) is 0 Å². The van der Waals surface area contributed by atoms with E-state index in [9.17, 15) is 4.39 Å². The number of ether oxygens (including phenoxy) is 1. The van der Waals surface area contributed by atoms with Crippen LogP contribution in [0.1, 0.15) is 11.1 Å². The molecule has 0 unspecified atom stereocenters. The van der Waals surface area contributed by atoms with Crippen molar-refractivity contribution in [1.82, 2.24) is 0 Å². The van der Waals surface area contributed by atoms with Gasteiger partial charge in [0.1, 0.15) is 18.2 Å². The number of benzene rings is 4. The Morgan fingerprint density at radius 1 is 0.800 bits per heavy atom. The molecule has 0 heterocycles. The minimum absolute atomic E-state index is 0.233. The lowest BCUT2D eigenvalue weighted by atomic mass is 10.0. The lowest BCUT2D eigenvalue weighted by Crippen LogP contribution is -2.05. The van der Waals surface area contributed by atoms with E-state index in [1.54, 1.807) is 18.2 Å². The highest BCUT2D eigenvalue weighted by Gasteiger charge is 2.11. The summed E-state index contributed by atoms with van der Waals surface area (Å²) in [6.07, 6.45) is 0. The third-order valence-corrected chi connectivity index (χ3v) is 5.88. The topological polar surface area (TPSA) is 21.3 Å². The summed E-state index contributed by atoms with van der Waals surface area (Å²) in [4.78, 5) is 0. The smallest absolute Gasteiger partial charge is 0.125 e. The standard InChI is InChI=1S/C24H17Cl3FNO/c25-21-9-8-18(12-23(21)27)29-13-20-19-4-2-1-3-15(19)6-10-24(20)30-14-16-5-7-17(28)11-22(16)26/h1-12,29H,13-14H2. The molecule has 0 aromatic heterocycles. The molecule has 0 amide bonds. The summed E-state index contributed by atoms with van der Waals surface area (Å²) in [5.74, 6) is 0.350. The quantitative estimate of drug-likeness (QED) is 0.313. The Morgan fingerprint density at radius 2 is 1.63 bits per heavy atom. The van der Waals surface area contributed by atoms with Gasteiger partial charge in [0.05, 0.1) is 15.1 Å². The van der Waals surface area contributed by atoms with Crippen molar-refractivity contribution in [3.05, 3.63) is 105 Å². The van der Waals surface area contributed by atoms with Gasteiger partial charge in [-0.05, 0) is 47.2 Å². The summed E-state index contributed by atoms with van der Waals surface area (Å²) in [7, 11) is 0. The molecule has 30 heavy (non-hydrogen) atoms. The normalized spacial score (nSPS) is 10.9. The first-order chi connectivity index (χ1) is 14.5. The van der Waals surface area contributed by atoms with Gasteiger partial charge in [-0.3, -0.25) is 0 Å². The number of hydrogen-bond acceptors (Lipinski definition) is 2. The summed E-state index contributed by atoms with van der Waals surface area (Å²) in [6.45, 7) is 0.753. The molecule has 2 nitrogen and oxygen atoms in total. The number of halogens is 4. The van der Waals surface area contributed by atoms with Crippen LogP contribution in [0.15, 0.2) is 72.8 Å². The number of hydrogen-bond donors (Lipinski definition) is 1. The van der Waals surface area contributed by atoms with E-state index in [4.69, 9.17) is 39.5 Å². The van der Waals surface area contributed by atoms with Crippen molar-refractivity contribution in [2.75, 3.05) is 5.32 Å². The van der Waals surface area contributed by atoms with Gasteiger partial charge in [-0.15, -0.1) is 0 Å². The lowest BCUT2D eigenvalue weighted by molar-refractivity contribution is 0.304. The van der Waals surface area contributed by atoms with E-state index in [0.717, 1.165) is 33.3 Å². The zero-order valence-electron chi connectivity index (χ0n) is 15.8. The molecule has 0 fully saturated rings. The Labute approximate surface area is 189 Å². The molecule has 0 aliphatic rings. The number of rotatable bonds is 6. The summed E-state index contributed by atoms with van der Waals surface area (Å²) in [5, 5.41) is 6.90. The molecule has 0 saturated carbocycles. The van der Waals surface area contributed by atoms with Crippen LogP contribution in [0.3, 0.4) is 0 Å². The van der Waals surface area contributed by atoms with E-state index in [-0.39, 0.29) is 12.4 Å². The Morgan fingerprint density at radius 3 is 2.43 bits per heavy atom. The number of fused-ring (bicyclic) bond motifs is 1. The molecule has 0 atom stereocenters. The van der Waals surface area contributed by atoms with Crippen molar-refractivity contribution < 1.29 is 9.13 Å². The number of anilines is 1. The van der Waals surface area contributed by atoms with Crippen LogP contribution in [-0.2, 0) is 13.2 Å². The first-order valence-corrected chi connectivity index (χ1v) is 10.4. The van der Waals surface area contributed by atoms with Crippen LogP contribution >= 0.6 is 34.8 Å². The molecule has 0 spiro atoms. The van der Waals surface area contributed by atoms with Crippen molar-refractivity contribution >= 4 is 51.3 Å². The Hall–Kier alpha value is -2.46. The largest absolute Gasteiger partial charge is 0.488 e. The van der Waals surface area contributed by atoms with E-state index in [1.807, 2.05) is 30.3 Å². The molecule has 4 aromatic rings. The molecule has 4 rings (SSSR count). The van der Waals surface area contributed by atoms with E-state index >= 15 is 0 Å². The van der Waals surface area contributed by atoms with Crippen molar-refractivity contribution in [3.63, 3.8) is 0 Å². The van der Waals surface area contributed by atoms with Crippen molar-refractivity contribution in [3.8, 4) is 5.75 Å². The van der Waals surface area contributed by atoms with Crippen LogP contribution in [0.4, 0.5) is 10.1 Å². The van der Waals surface area contributed by atoms with Gasteiger partial charge in [-0.2, -0.15) is 0 Å².